The first kappa shape index (κ1) is 42.4. The molecule has 13 nitrogen and oxygen atoms in total. The molecule has 298 valence electrons. The van der Waals surface area contributed by atoms with E-state index in [4.69, 9.17) is 18.9 Å². The first-order valence-electron chi connectivity index (χ1n) is 18.9. The highest BCUT2D eigenvalue weighted by molar-refractivity contribution is 6.08. The van der Waals surface area contributed by atoms with Gasteiger partial charge in [-0.25, -0.2) is 4.79 Å². The molecule has 4 amide bonds. The summed E-state index contributed by atoms with van der Waals surface area (Å²) in [6.07, 6.45) is 3.11. The molecule has 1 aliphatic rings. The van der Waals surface area contributed by atoms with Gasteiger partial charge in [-0.2, -0.15) is 0 Å². The summed E-state index contributed by atoms with van der Waals surface area (Å²) in [6, 6.07) is 17.3. The number of aryl methyl sites for hydroxylation is 1. The van der Waals surface area contributed by atoms with Crippen molar-refractivity contribution >= 4 is 35.2 Å². The molecule has 2 N–H and O–H groups in total. The standard InChI is InChI=1S/C42H57N5O8/c1-30-17-19-34(37(28-30)54-26-12-8-9-16-38(48)47-24-22-45(5)23-25-47)43-39(49)31-18-20-33(36(29-31)52-7)44-40(50)32-14-10-11-15-35(32)53-27-13-21-46(6)41(51)55-42(2,3)4/h10-11,14-15,17-20,28-29H,8-9,12-13,16,21-27H2,1-7H3,(H,43,49)(H,44,50). The number of nitrogens with zero attached hydrogens (tertiary/aromatic N) is 3. The number of carbonyl (C=O) groups excluding carboxylic acids is 4. The molecule has 1 heterocycles. The zero-order valence-corrected chi connectivity index (χ0v) is 33.4. The van der Waals surface area contributed by atoms with E-state index in [0.717, 1.165) is 51.0 Å². The molecule has 1 aliphatic heterocycles. The number of benzene rings is 3. The summed E-state index contributed by atoms with van der Waals surface area (Å²) in [5.41, 5.74) is 1.96. The zero-order valence-electron chi connectivity index (χ0n) is 33.4. The molecule has 0 unspecified atom stereocenters. The highest BCUT2D eigenvalue weighted by atomic mass is 16.6. The van der Waals surface area contributed by atoms with Crippen LogP contribution in [0.15, 0.2) is 60.7 Å². The number of unbranched alkanes of at least 4 members (excludes halogenated alkanes) is 2. The highest BCUT2D eigenvalue weighted by Gasteiger charge is 2.21. The van der Waals surface area contributed by atoms with Gasteiger partial charge in [0.15, 0.2) is 0 Å². The molecule has 3 aromatic carbocycles. The van der Waals surface area contributed by atoms with Crippen molar-refractivity contribution in [1.29, 1.82) is 0 Å². The Morgan fingerprint density at radius 1 is 0.764 bits per heavy atom. The Morgan fingerprint density at radius 3 is 2.15 bits per heavy atom. The number of methoxy groups -OCH3 is 1. The van der Waals surface area contributed by atoms with E-state index in [1.165, 1.54) is 12.0 Å². The van der Waals surface area contributed by atoms with Gasteiger partial charge in [0.25, 0.3) is 11.8 Å². The smallest absolute Gasteiger partial charge is 0.410 e. The number of piperazine rings is 1. The average molecular weight is 760 g/mol. The number of hydrogen-bond acceptors (Lipinski definition) is 9. The normalized spacial score (nSPS) is 13.1. The predicted molar refractivity (Wildman–Crippen MR) is 214 cm³/mol. The molecule has 55 heavy (non-hydrogen) atoms. The molecular weight excluding hydrogens is 702 g/mol. The number of rotatable bonds is 17. The fraction of sp³-hybridized carbons (Fsp3) is 0.476. The first-order chi connectivity index (χ1) is 26.2. The lowest BCUT2D eigenvalue weighted by atomic mass is 10.1. The maximum atomic E-state index is 13.4. The largest absolute Gasteiger partial charge is 0.495 e. The van der Waals surface area contributed by atoms with Crippen LogP contribution in [0.3, 0.4) is 0 Å². The third kappa shape index (κ3) is 13.5. The Kier molecular flexibility index (Phi) is 15.7. The summed E-state index contributed by atoms with van der Waals surface area (Å²) in [4.78, 5) is 57.3. The van der Waals surface area contributed by atoms with Gasteiger partial charge in [-0.15, -0.1) is 0 Å². The number of nitrogens with one attached hydrogen (secondary N) is 2. The quantitative estimate of drug-likeness (QED) is 0.141. The van der Waals surface area contributed by atoms with Crippen molar-refractivity contribution in [3.63, 3.8) is 0 Å². The number of hydrogen-bond donors (Lipinski definition) is 2. The monoisotopic (exact) mass is 759 g/mol. The number of amides is 4. The second-order valence-corrected chi connectivity index (χ2v) is 14.8. The van der Waals surface area contributed by atoms with Gasteiger partial charge in [-0.3, -0.25) is 14.4 Å². The molecule has 0 radical (unpaired) electrons. The predicted octanol–water partition coefficient (Wildman–Crippen LogP) is 6.86. The highest BCUT2D eigenvalue weighted by Crippen LogP contribution is 2.30. The molecule has 0 spiro atoms. The lowest BCUT2D eigenvalue weighted by Crippen LogP contribution is -2.47. The molecule has 1 saturated heterocycles. The van der Waals surface area contributed by atoms with Gasteiger partial charge in [0.1, 0.15) is 22.8 Å². The Bertz CT molecular complexity index is 1770. The van der Waals surface area contributed by atoms with Gasteiger partial charge < -0.3 is 44.3 Å². The number of anilines is 2. The number of likely N-dealkylation sites (N-methyl/N-ethyl adjacent to an activating group) is 1. The Balaban J connectivity index is 1.29. The number of carbonyl (C=O) groups is 4. The Hall–Kier alpha value is -5.30. The van der Waals surface area contributed by atoms with Crippen molar-refractivity contribution in [1.82, 2.24) is 14.7 Å². The van der Waals surface area contributed by atoms with Crippen molar-refractivity contribution in [2.45, 2.75) is 65.4 Å². The minimum absolute atomic E-state index is 0.217. The van der Waals surface area contributed by atoms with E-state index in [1.807, 2.05) is 50.8 Å². The summed E-state index contributed by atoms with van der Waals surface area (Å²) >= 11 is 0. The van der Waals surface area contributed by atoms with E-state index in [9.17, 15) is 19.2 Å². The summed E-state index contributed by atoms with van der Waals surface area (Å²) in [5.74, 6) is 0.685. The van der Waals surface area contributed by atoms with Gasteiger partial charge in [-0.1, -0.05) is 18.2 Å². The molecule has 3 aromatic rings. The van der Waals surface area contributed by atoms with Gasteiger partial charge in [0, 0.05) is 51.8 Å². The van der Waals surface area contributed by atoms with Crippen LogP contribution in [-0.2, 0) is 9.53 Å². The van der Waals surface area contributed by atoms with Crippen molar-refractivity contribution in [3.05, 3.63) is 77.4 Å². The minimum Gasteiger partial charge on any atom is -0.495 e. The minimum atomic E-state index is -0.582. The topological polar surface area (TPSA) is 139 Å². The molecule has 13 heteroatoms. The molecule has 0 atom stereocenters. The maximum absolute atomic E-state index is 13.4. The van der Waals surface area contributed by atoms with Crippen LogP contribution in [0, 0.1) is 6.92 Å². The number of para-hydroxylation sites is 1. The molecule has 0 saturated carbocycles. The molecule has 0 aliphatic carbocycles. The van der Waals surface area contributed by atoms with E-state index in [-0.39, 0.29) is 18.4 Å². The fourth-order valence-electron chi connectivity index (χ4n) is 5.82. The summed E-state index contributed by atoms with van der Waals surface area (Å²) < 4.78 is 23.0. The average Bonchev–Trinajstić information content (AvgIpc) is 3.15. The van der Waals surface area contributed by atoms with Crippen LogP contribution in [0.4, 0.5) is 16.2 Å². The summed E-state index contributed by atoms with van der Waals surface area (Å²) in [7, 11) is 5.20. The summed E-state index contributed by atoms with van der Waals surface area (Å²) in [6.45, 7) is 12.0. The molecule has 0 bridgehead atoms. The van der Waals surface area contributed by atoms with Crippen LogP contribution >= 0.6 is 0 Å². The van der Waals surface area contributed by atoms with Crippen molar-refractivity contribution < 1.29 is 38.1 Å². The molecular formula is C42H57N5O8. The maximum Gasteiger partial charge on any atom is 0.410 e. The van der Waals surface area contributed by atoms with Crippen LogP contribution in [0.25, 0.3) is 0 Å². The Labute approximate surface area is 325 Å². The van der Waals surface area contributed by atoms with E-state index in [1.54, 1.807) is 49.5 Å². The van der Waals surface area contributed by atoms with Gasteiger partial charge in [0.2, 0.25) is 5.91 Å². The first-order valence-corrected chi connectivity index (χ1v) is 18.9. The molecule has 4 rings (SSSR count). The van der Waals surface area contributed by atoms with Crippen LogP contribution < -0.4 is 24.8 Å². The van der Waals surface area contributed by atoms with Crippen LogP contribution in [0.5, 0.6) is 17.2 Å². The third-order valence-electron chi connectivity index (χ3n) is 8.98. The number of ether oxygens (including phenoxy) is 4. The second kappa shape index (κ2) is 20.4. The van der Waals surface area contributed by atoms with Crippen LogP contribution in [0.2, 0.25) is 0 Å². The van der Waals surface area contributed by atoms with Gasteiger partial charge >= 0.3 is 6.09 Å². The molecule has 0 aromatic heterocycles. The van der Waals surface area contributed by atoms with Crippen molar-refractivity contribution in [2.24, 2.45) is 0 Å². The van der Waals surface area contributed by atoms with Crippen LogP contribution in [-0.4, -0.2) is 111 Å². The van der Waals surface area contributed by atoms with Crippen molar-refractivity contribution in [2.75, 3.05) is 77.8 Å². The third-order valence-corrected chi connectivity index (χ3v) is 8.98. The lowest BCUT2D eigenvalue weighted by molar-refractivity contribution is -0.132. The van der Waals surface area contributed by atoms with Gasteiger partial charge in [-0.05, 0) is 108 Å². The van der Waals surface area contributed by atoms with E-state index >= 15 is 0 Å². The zero-order chi connectivity index (χ0) is 40.0. The fourth-order valence-corrected chi connectivity index (χ4v) is 5.82. The Morgan fingerprint density at radius 2 is 1.42 bits per heavy atom. The molecule has 1 fully saturated rings. The van der Waals surface area contributed by atoms with E-state index in [0.29, 0.717) is 65.7 Å². The summed E-state index contributed by atoms with van der Waals surface area (Å²) in [5, 5.41) is 5.82. The van der Waals surface area contributed by atoms with Gasteiger partial charge in [0.05, 0.1) is 37.3 Å². The van der Waals surface area contributed by atoms with Crippen molar-refractivity contribution in [3.8, 4) is 17.2 Å². The van der Waals surface area contributed by atoms with E-state index < -0.39 is 17.6 Å². The second-order valence-electron chi connectivity index (χ2n) is 14.8. The van der Waals surface area contributed by atoms with Crippen LogP contribution in [0.1, 0.15) is 79.2 Å². The van der Waals surface area contributed by atoms with E-state index in [2.05, 4.69) is 22.6 Å². The SMILES string of the molecule is COc1cc(C(=O)Nc2ccc(C)cc2OCCCCCC(=O)N2CCN(C)CC2)ccc1NC(=O)c1ccccc1OCCCN(C)C(=O)OC(C)(C)C. The lowest BCUT2D eigenvalue weighted by Gasteiger charge is -2.32.